The van der Waals surface area contributed by atoms with E-state index in [1.54, 1.807) is 48.7 Å². The fraction of sp³-hybridized carbons (Fsp3) is 0.0909. The molecule has 0 saturated heterocycles. The summed E-state index contributed by atoms with van der Waals surface area (Å²) in [7, 11) is 0. The number of hydrogen-bond acceptors (Lipinski definition) is 7. The molecule has 0 spiro atoms. The second kappa shape index (κ2) is 10.5. The number of nitro groups is 1. The van der Waals surface area contributed by atoms with Gasteiger partial charge >= 0.3 is 5.97 Å². The number of esters is 1. The third-order valence-electron chi connectivity index (χ3n) is 4.05. The zero-order valence-corrected chi connectivity index (χ0v) is 18.6. The predicted molar refractivity (Wildman–Crippen MR) is 126 cm³/mol. The topological polar surface area (TPSA) is 103 Å². The highest BCUT2D eigenvalue weighted by Gasteiger charge is 2.15. The van der Waals surface area contributed by atoms with Crippen LogP contribution in [0.3, 0.4) is 0 Å². The van der Waals surface area contributed by atoms with Gasteiger partial charge in [0.25, 0.3) is 5.69 Å². The smallest absolute Gasteiger partial charge is 0.344 e. The number of rotatable bonds is 8. The molecule has 3 aromatic carbocycles. The molecule has 0 aliphatic carbocycles. The number of ether oxygens (including phenoxy) is 2. The summed E-state index contributed by atoms with van der Waals surface area (Å²) in [6.07, 6.45) is 1.57. The molecule has 0 bridgehead atoms. The van der Waals surface area contributed by atoms with E-state index in [-0.39, 0.29) is 5.69 Å². The Morgan fingerprint density at radius 1 is 1.13 bits per heavy atom. The van der Waals surface area contributed by atoms with Gasteiger partial charge in [0.05, 0.1) is 29.0 Å². The highest BCUT2D eigenvalue weighted by molar-refractivity contribution is 14.1. The lowest BCUT2D eigenvalue weighted by molar-refractivity contribution is -0.384. The Morgan fingerprint density at radius 2 is 1.87 bits per heavy atom. The first-order valence-electron chi connectivity index (χ1n) is 9.25. The van der Waals surface area contributed by atoms with E-state index in [1.807, 2.05) is 19.1 Å². The van der Waals surface area contributed by atoms with Crippen molar-refractivity contribution < 1.29 is 19.2 Å². The van der Waals surface area contributed by atoms with Gasteiger partial charge in [-0.25, -0.2) is 4.79 Å². The molecule has 0 unspecified atom stereocenters. The summed E-state index contributed by atoms with van der Waals surface area (Å²) >= 11 is 2.08. The van der Waals surface area contributed by atoms with E-state index in [0.29, 0.717) is 34.9 Å². The Kier molecular flexibility index (Phi) is 7.55. The van der Waals surface area contributed by atoms with Gasteiger partial charge < -0.3 is 9.47 Å². The summed E-state index contributed by atoms with van der Waals surface area (Å²) in [6.45, 7) is 2.23. The van der Waals surface area contributed by atoms with Crippen molar-refractivity contribution in [3.05, 3.63) is 91.5 Å². The molecular weight excluding hydrogens is 513 g/mol. The van der Waals surface area contributed by atoms with E-state index < -0.39 is 10.9 Å². The molecule has 9 heteroatoms. The molecule has 31 heavy (non-hydrogen) atoms. The van der Waals surface area contributed by atoms with Crippen LogP contribution in [0.2, 0.25) is 0 Å². The van der Waals surface area contributed by atoms with E-state index in [0.717, 1.165) is 3.57 Å². The monoisotopic (exact) mass is 531 g/mol. The molecule has 8 nitrogen and oxygen atoms in total. The zero-order chi connectivity index (χ0) is 22.2. The minimum absolute atomic E-state index is 0.00575. The van der Waals surface area contributed by atoms with Crippen LogP contribution in [0.4, 0.5) is 11.4 Å². The van der Waals surface area contributed by atoms with Crippen molar-refractivity contribution in [2.75, 3.05) is 12.0 Å². The Bertz CT molecular complexity index is 1120. The Balaban J connectivity index is 1.72. The minimum atomic E-state index is -0.466. The summed E-state index contributed by atoms with van der Waals surface area (Å²) < 4.78 is 12.0. The number of carbonyl (C=O) groups excluding carboxylic acids is 1. The third-order valence-corrected chi connectivity index (χ3v) is 4.99. The number of non-ortho nitro benzene ring substituents is 1. The molecule has 3 aromatic rings. The number of nitrogens with one attached hydrogen (secondary N) is 1. The van der Waals surface area contributed by atoms with Crippen LogP contribution < -0.4 is 14.9 Å². The summed E-state index contributed by atoms with van der Waals surface area (Å²) in [5.41, 5.74) is 4.61. The Morgan fingerprint density at radius 3 is 2.55 bits per heavy atom. The summed E-state index contributed by atoms with van der Waals surface area (Å²) in [5, 5.41) is 14.8. The molecule has 0 saturated carbocycles. The van der Waals surface area contributed by atoms with Crippen LogP contribution in [-0.4, -0.2) is 23.7 Å². The first kappa shape index (κ1) is 22.2. The molecule has 0 fully saturated rings. The molecule has 3 rings (SSSR count). The molecule has 0 aromatic heterocycles. The van der Waals surface area contributed by atoms with Crippen LogP contribution in [0, 0.1) is 13.7 Å². The zero-order valence-electron chi connectivity index (χ0n) is 16.4. The van der Waals surface area contributed by atoms with Gasteiger partial charge in [-0.3, -0.25) is 15.5 Å². The van der Waals surface area contributed by atoms with Gasteiger partial charge in [0.2, 0.25) is 0 Å². The molecule has 0 atom stereocenters. The fourth-order valence-electron chi connectivity index (χ4n) is 2.58. The van der Waals surface area contributed by atoms with E-state index in [9.17, 15) is 14.9 Å². The quantitative estimate of drug-likeness (QED) is 0.106. The number of halogens is 1. The normalized spacial score (nSPS) is 10.6. The summed E-state index contributed by atoms with van der Waals surface area (Å²) in [4.78, 5) is 22.7. The average molecular weight is 531 g/mol. The second-order valence-electron chi connectivity index (χ2n) is 6.18. The third kappa shape index (κ3) is 6.01. The number of nitrogens with zero attached hydrogens (tertiary/aromatic N) is 2. The van der Waals surface area contributed by atoms with Crippen LogP contribution in [-0.2, 0) is 0 Å². The van der Waals surface area contributed by atoms with Gasteiger partial charge in [-0.05, 0) is 77.5 Å². The highest BCUT2D eigenvalue weighted by Crippen LogP contribution is 2.29. The van der Waals surface area contributed by atoms with Crippen LogP contribution >= 0.6 is 22.6 Å². The molecule has 0 aliphatic rings. The summed E-state index contributed by atoms with van der Waals surface area (Å²) in [6, 6.07) is 18.2. The number of carbonyl (C=O) groups is 1. The minimum Gasteiger partial charge on any atom is -0.490 e. The van der Waals surface area contributed by atoms with Gasteiger partial charge in [0.1, 0.15) is 0 Å². The van der Waals surface area contributed by atoms with Crippen molar-refractivity contribution in [3.8, 4) is 11.5 Å². The molecule has 158 valence electrons. The van der Waals surface area contributed by atoms with Crippen molar-refractivity contribution in [1.82, 2.24) is 0 Å². The van der Waals surface area contributed by atoms with E-state index in [4.69, 9.17) is 9.47 Å². The number of nitro benzene ring substituents is 1. The maximum atomic E-state index is 12.5. The fourth-order valence-corrected chi connectivity index (χ4v) is 3.19. The molecule has 1 N–H and O–H groups in total. The van der Waals surface area contributed by atoms with Crippen LogP contribution in [0.25, 0.3) is 0 Å². The first-order valence-corrected chi connectivity index (χ1v) is 10.3. The van der Waals surface area contributed by atoms with Gasteiger partial charge in [-0.15, -0.1) is 0 Å². The van der Waals surface area contributed by atoms with Crippen molar-refractivity contribution in [2.24, 2.45) is 5.10 Å². The van der Waals surface area contributed by atoms with Gasteiger partial charge in [0.15, 0.2) is 11.5 Å². The largest absolute Gasteiger partial charge is 0.490 e. The van der Waals surface area contributed by atoms with Crippen molar-refractivity contribution >= 4 is 46.1 Å². The molecular formula is C22H18IN3O5. The van der Waals surface area contributed by atoms with Gasteiger partial charge in [-0.1, -0.05) is 12.1 Å². The molecule has 0 radical (unpaired) electrons. The standard InChI is InChI=1S/C22H18IN3O5/c1-2-30-21-13-15(14-24-25-16-8-10-17(11-9-16)26(28)29)7-12-20(21)31-22(27)18-5-3-4-6-19(18)23/h3-14,25H,2H2,1H3. The lowest BCUT2D eigenvalue weighted by Crippen LogP contribution is -2.11. The maximum absolute atomic E-state index is 12.5. The SMILES string of the molecule is CCOc1cc(C=NNc2ccc([N+](=O)[O-])cc2)ccc1OC(=O)c1ccccc1I. The number of hydrogen-bond donors (Lipinski definition) is 1. The van der Waals surface area contributed by atoms with E-state index >= 15 is 0 Å². The van der Waals surface area contributed by atoms with E-state index in [1.165, 1.54) is 12.1 Å². The first-order chi connectivity index (χ1) is 15.0. The van der Waals surface area contributed by atoms with Crippen molar-refractivity contribution in [3.63, 3.8) is 0 Å². The predicted octanol–water partition coefficient (Wildman–Crippen LogP) is 5.26. The second-order valence-corrected chi connectivity index (χ2v) is 7.34. The van der Waals surface area contributed by atoms with Crippen LogP contribution in [0.15, 0.2) is 71.8 Å². The maximum Gasteiger partial charge on any atom is 0.344 e. The Hall–Kier alpha value is -3.47. The molecule has 0 aliphatic heterocycles. The number of benzene rings is 3. The van der Waals surface area contributed by atoms with Gasteiger partial charge in [-0.2, -0.15) is 5.10 Å². The number of hydrazone groups is 1. The van der Waals surface area contributed by atoms with Crippen molar-refractivity contribution in [1.29, 1.82) is 0 Å². The lowest BCUT2D eigenvalue weighted by atomic mass is 10.2. The Labute approximate surface area is 192 Å². The highest BCUT2D eigenvalue weighted by atomic mass is 127. The molecule has 0 amide bonds. The molecule has 0 heterocycles. The summed E-state index contributed by atoms with van der Waals surface area (Å²) in [5.74, 6) is 0.264. The van der Waals surface area contributed by atoms with Crippen molar-refractivity contribution in [2.45, 2.75) is 6.92 Å². The van der Waals surface area contributed by atoms with E-state index in [2.05, 4.69) is 33.1 Å². The van der Waals surface area contributed by atoms with Gasteiger partial charge in [0, 0.05) is 15.7 Å². The van der Waals surface area contributed by atoms with Crippen LogP contribution in [0.5, 0.6) is 11.5 Å². The average Bonchev–Trinajstić information content (AvgIpc) is 2.76. The lowest BCUT2D eigenvalue weighted by Gasteiger charge is -2.12. The van der Waals surface area contributed by atoms with Crippen LogP contribution in [0.1, 0.15) is 22.8 Å². The number of anilines is 1.